The summed E-state index contributed by atoms with van der Waals surface area (Å²) < 4.78 is 22.0. The molecule has 226 valence electrons. The minimum absolute atomic E-state index is 0.0329. The second-order valence-electron chi connectivity index (χ2n) is 10.3. The van der Waals surface area contributed by atoms with E-state index in [1.54, 1.807) is 12.1 Å². The first-order valence-corrected chi connectivity index (χ1v) is 14.3. The van der Waals surface area contributed by atoms with Gasteiger partial charge in [-0.15, -0.1) is 0 Å². The molecular formula is C31H46N4O6. The minimum Gasteiger partial charge on any atom is -0.491 e. The normalized spacial score (nSPS) is 18.3. The van der Waals surface area contributed by atoms with Crippen LogP contribution in [0.2, 0.25) is 0 Å². The van der Waals surface area contributed by atoms with E-state index >= 15 is 0 Å². The molecule has 0 fully saturated rings. The van der Waals surface area contributed by atoms with Crippen molar-refractivity contribution in [3.63, 3.8) is 0 Å². The molecule has 41 heavy (non-hydrogen) atoms. The molecule has 0 heterocycles. The van der Waals surface area contributed by atoms with Gasteiger partial charge in [0.15, 0.2) is 0 Å². The SMILES string of the molecule is C=CC(=O)OCCCCCOc1cc(/N=N/C2C=CC(N(C)C)CC2C)c(OCCCCCOC(=O)C=C)cc1N. The lowest BCUT2D eigenvalue weighted by molar-refractivity contribution is -0.138. The van der Waals surface area contributed by atoms with E-state index in [0.717, 1.165) is 57.1 Å². The molecule has 0 bridgehead atoms. The Morgan fingerprint density at radius 1 is 0.902 bits per heavy atom. The second kappa shape index (κ2) is 18.6. The van der Waals surface area contributed by atoms with Crippen molar-refractivity contribution in [2.24, 2.45) is 16.1 Å². The maximum atomic E-state index is 11.2. The van der Waals surface area contributed by atoms with Crippen molar-refractivity contribution < 1.29 is 28.5 Å². The standard InChI is InChI=1S/C31H46N4O6/c1-6-30(36)40-18-12-8-10-16-38-28-22-27(34-33-26-15-14-24(35(4)5)20-23(26)3)29(21-25(28)32)39-17-11-9-13-19-41-31(37)7-2/h6-7,14-15,21-24,26H,1-2,8-13,16-20,32H2,3-5H3/b34-33+. The maximum absolute atomic E-state index is 11.2. The number of unbranched alkanes of at least 4 members (excludes halogenated alkanes) is 4. The molecule has 0 spiro atoms. The van der Waals surface area contributed by atoms with E-state index in [-0.39, 0.29) is 6.04 Å². The van der Waals surface area contributed by atoms with E-state index in [9.17, 15) is 9.59 Å². The lowest BCUT2D eigenvalue weighted by atomic mass is 9.88. The zero-order valence-electron chi connectivity index (χ0n) is 24.8. The van der Waals surface area contributed by atoms with Gasteiger partial charge in [0.05, 0.1) is 38.2 Å². The number of hydrogen-bond donors (Lipinski definition) is 1. The second-order valence-corrected chi connectivity index (χ2v) is 10.3. The third-order valence-corrected chi connectivity index (χ3v) is 6.69. The van der Waals surface area contributed by atoms with Crippen molar-refractivity contribution in [1.82, 2.24) is 4.90 Å². The molecule has 1 aromatic carbocycles. The highest BCUT2D eigenvalue weighted by Gasteiger charge is 2.24. The summed E-state index contributed by atoms with van der Waals surface area (Å²) in [5, 5.41) is 9.22. The Balaban J connectivity index is 2.01. The Kier molecular flexibility index (Phi) is 15.3. The van der Waals surface area contributed by atoms with Gasteiger partial charge in [-0.1, -0.05) is 32.2 Å². The highest BCUT2D eigenvalue weighted by molar-refractivity contribution is 5.81. The van der Waals surface area contributed by atoms with Gasteiger partial charge in [-0.2, -0.15) is 10.2 Å². The van der Waals surface area contributed by atoms with Gasteiger partial charge in [0, 0.05) is 30.3 Å². The molecule has 0 aliphatic heterocycles. The third-order valence-electron chi connectivity index (χ3n) is 6.69. The highest BCUT2D eigenvalue weighted by atomic mass is 16.5. The van der Waals surface area contributed by atoms with Gasteiger partial charge in [0.2, 0.25) is 0 Å². The molecular weight excluding hydrogens is 524 g/mol. The Labute approximate surface area is 244 Å². The number of nitrogens with two attached hydrogens (primary N) is 1. The number of hydrogen-bond acceptors (Lipinski definition) is 10. The molecule has 1 aromatic rings. The van der Waals surface area contributed by atoms with E-state index in [0.29, 0.717) is 61.3 Å². The number of nitrogens with zero attached hydrogens (tertiary/aromatic N) is 3. The van der Waals surface area contributed by atoms with Gasteiger partial charge < -0.3 is 29.6 Å². The Hall–Kier alpha value is -3.66. The van der Waals surface area contributed by atoms with E-state index < -0.39 is 11.9 Å². The summed E-state index contributed by atoms with van der Waals surface area (Å²) in [5.41, 5.74) is 7.31. The number of carbonyl (C=O) groups is 2. The van der Waals surface area contributed by atoms with Crippen LogP contribution in [0.25, 0.3) is 0 Å². The fourth-order valence-electron chi connectivity index (χ4n) is 4.17. The summed E-state index contributed by atoms with van der Waals surface area (Å²) >= 11 is 0. The number of azo groups is 1. The fourth-order valence-corrected chi connectivity index (χ4v) is 4.17. The number of anilines is 1. The fraction of sp³-hybridized carbons (Fsp3) is 0.548. The smallest absolute Gasteiger partial charge is 0.330 e. The van der Waals surface area contributed by atoms with Crippen LogP contribution in [0.15, 0.2) is 59.8 Å². The van der Waals surface area contributed by atoms with Gasteiger partial charge in [0.1, 0.15) is 17.2 Å². The maximum Gasteiger partial charge on any atom is 0.330 e. The Morgan fingerprint density at radius 3 is 2.00 bits per heavy atom. The minimum atomic E-state index is -0.414. The van der Waals surface area contributed by atoms with E-state index in [4.69, 9.17) is 24.7 Å². The molecule has 3 atom stereocenters. The number of benzene rings is 1. The van der Waals surface area contributed by atoms with Crippen LogP contribution in [0.5, 0.6) is 11.5 Å². The first-order valence-electron chi connectivity index (χ1n) is 14.3. The van der Waals surface area contributed by atoms with Crippen LogP contribution in [-0.2, 0) is 19.1 Å². The molecule has 0 saturated carbocycles. The van der Waals surface area contributed by atoms with Crippen LogP contribution >= 0.6 is 0 Å². The molecule has 1 aliphatic carbocycles. The number of esters is 2. The summed E-state index contributed by atoms with van der Waals surface area (Å²) in [6.07, 6.45) is 12.3. The molecule has 2 N–H and O–H groups in total. The quantitative estimate of drug-likeness (QED) is 0.0552. The van der Waals surface area contributed by atoms with Gasteiger partial charge >= 0.3 is 11.9 Å². The molecule has 3 unspecified atom stereocenters. The molecule has 2 rings (SSSR count). The van der Waals surface area contributed by atoms with Crippen LogP contribution in [0, 0.1) is 5.92 Å². The van der Waals surface area contributed by atoms with E-state index in [2.05, 4.69) is 61.5 Å². The first-order chi connectivity index (χ1) is 19.7. The van der Waals surface area contributed by atoms with Crippen molar-refractivity contribution >= 4 is 23.3 Å². The average molecular weight is 571 g/mol. The van der Waals surface area contributed by atoms with Gasteiger partial charge in [-0.3, -0.25) is 0 Å². The third kappa shape index (κ3) is 12.6. The summed E-state index contributed by atoms with van der Waals surface area (Å²) in [6.45, 7) is 10.6. The molecule has 0 amide bonds. The van der Waals surface area contributed by atoms with Crippen LogP contribution in [-0.4, -0.2) is 69.4 Å². The number of ether oxygens (including phenoxy) is 4. The van der Waals surface area contributed by atoms with Crippen molar-refractivity contribution in [2.45, 2.75) is 64.0 Å². The average Bonchev–Trinajstić information content (AvgIpc) is 2.96. The lowest BCUT2D eigenvalue weighted by Gasteiger charge is -2.30. The summed E-state index contributed by atoms with van der Waals surface area (Å²) in [7, 11) is 4.16. The van der Waals surface area contributed by atoms with Gasteiger partial charge in [-0.05, 0) is 65.0 Å². The van der Waals surface area contributed by atoms with Crippen LogP contribution in [0.1, 0.15) is 51.9 Å². The zero-order chi connectivity index (χ0) is 30.0. The molecule has 1 aliphatic rings. The molecule has 0 saturated heterocycles. The summed E-state index contributed by atoms with van der Waals surface area (Å²) in [4.78, 5) is 24.5. The van der Waals surface area contributed by atoms with Crippen LogP contribution in [0.4, 0.5) is 11.4 Å². The first kappa shape index (κ1) is 33.5. The van der Waals surface area contributed by atoms with Crippen molar-refractivity contribution in [3.05, 3.63) is 49.6 Å². The highest BCUT2D eigenvalue weighted by Crippen LogP contribution is 2.38. The van der Waals surface area contributed by atoms with Crippen molar-refractivity contribution in [1.29, 1.82) is 0 Å². The predicted octanol–water partition coefficient (Wildman–Crippen LogP) is 5.80. The van der Waals surface area contributed by atoms with E-state index in [1.165, 1.54) is 0 Å². The topological polar surface area (TPSA) is 125 Å². The summed E-state index contributed by atoms with van der Waals surface area (Å²) in [5.74, 6) is 0.573. The van der Waals surface area contributed by atoms with Crippen LogP contribution in [0.3, 0.4) is 0 Å². The number of rotatable bonds is 19. The molecule has 10 heteroatoms. The zero-order valence-corrected chi connectivity index (χ0v) is 24.8. The molecule has 10 nitrogen and oxygen atoms in total. The Bertz CT molecular complexity index is 1060. The lowest BCUT2D eigenvalue weighted by Crippen LogP contribution is -2.33. The number of likely N-dealkylation sites (N-methyl/N-ethyl adjacent to an activating group) is 1. The number of nitrogen functional groups attached to an aromatic ring is 1. The number of carbonyl (C=O) groups excluding carboxylic acids is 2. The van der Waals surface area contributed by atoms with Gasteiger partial charge in [0.25, 0.3) is 0 Å². The van der Waals surface area contributed by atoms with Crippen LogP contribution < -0.4 is 15.2 Å². The predicted molar refractivity (Wildman–Crippen MR) is 161 cm³/mol. The summed E-state index contributed by atoms with van der Waals surface area (Å²) in [6, 6.07) is 3.86. The van der Waals surface area contributed by atoms with E-state index in [1.807, 2.05) is 0 Å². The van der Waals surface area contributed by atoms with Crippen molar-refractivity contribution in [2.75, 3.05) is 46.3 Å². The largest absolute Gasteiger partial charge is 0.491 e. The molecule has 0 radical (unpaired) electrons. The Morgan fingerprint density at radius 2 is 1.46 bits per heavy atom. The monoisotopic (exact) mass is 570 g/mol. The molecule has 0 aromatic heterocycles. The van der Waals surface area contributed by atoms with Crippen molar-refractivity contribution in [3.8, 4) is 11.5 Å². The van der Waals surface area contributed by atoms with Gasteiger partial charge in [-0.25, -0.2) is 9.59 Å².